The molecule has 2 heteroatoms. The summed E-state index contributed by atoms with van der Waals surface area (Å²) in [6.07, 6.45) is 26.3. The van der Waals surface area contributed by atoms with E-state index in [1.165, 1.54) is 89.9 Å². The van der Waals surface area contributed by atoms with Crippen molar-refractivity contribution in [2.24, 2.45) is 0 Å². The molecule has 0 unspecified atom stereocenters. The molecule has 0 fully saturated rings. The van der Waals surface area contributed by atoms with Crippen LogP contribution in [-0.2, 0) is 4.57 Å². The molecular weight excluding hydrogens is 311 g/mol. The highest BCUT2D eigenvalue weighted by Crippen LogP contribution is 2.45. The molecule has 0 aliphatic rings. The van der Waals surface area contributed by atoms with Gasteiger partial charge in [0.15, 0.2) is 0 Å². The third-order valence-electron chi connectivity index (χ3n) is 5.23. The molecule has 144 valence electrons. The molecule has 0 saturated carbocycles. The smallest absolute Gasteiger partial charge is 0.0872 e. The predicted octanol–water partition coefficient (Wildman–Crippen LogP) is 8.43. The zero-order valence-corrected chi connectivity index (χ0v) is 17.9. The molecule has 0 spiro atoms. The summed E-state index contributed by atoms with van der Waals surface area (Å²) in [5, 5.41) is 0. The van der Waals surface area contributed by atoms with E-state index in [0.29, 0.717) is 0 Å². The van der Waals surface area contributed by atoms with Gasteiger partial charge >= 0.3 is 0 Å². The van der Waals surface area contributed by atoms with E-state index in [1.54, 1.807) is 0 Å². The molecule has 0 rings (SSSR count). The summed E-state index contributed by atoms with van der Waals surface area (Å²) in [5.74, 6) is 0. The van der Waals surface area contributed by atoms with Gasteiger partial charge in [-0.05, 0) is 44.4 Å². The first-order valence-corrected chi connectivity index (χ1v) is 13.2. The van der Waals surface area contributed by atoms with Crippen molar-refractivity contribution in [2.45, 2.75) is 111 Å². The van der Waals surface area contributed by atoms with Crippen LogP contribution in [0.4, 0.5) is 0 Å². The standard InChI is InChI=1S/C22H45OP/c1-4-7-8-9-10-11-12-13-14-15-16-17-18-19-20-21-22-24(23,5-2)6-3/h13-14H,4-12,15-22H2,1-3H3/b14-13-. The van der Waals surface area contributed by atoms with E-state index >= 15 is 0 Å². The average Bonchev–Trinajstić information content (AvgIpc) is 2.61. The second kappa shape index (κ2) is 17.8. The maximum Gasteiger partial charge on any atom is 0.0872 e. The Morgan fingerprint density at radius 3 is 1.46 bits per heavy atom. The van der Waals surface area contributed by atoms with Gasteiger partial charge in [-0.15, -0.1) is 0 Å². The first kappa shape index (κ1) is 24.0. The number of unbranched alkanes of at least 4 members (excludes halogenated alkanes) is 12. The SMILES string of the molecule is CCCCCCCC/C=C\CCCCCCCCP(=O)(CC)CC. The molecule has 0 amide bonds. The minimum Gasteiger partial charge on any atom is -0.324 e. The summed E-state index contributed by atoms with van der Waals surface area (Å²) >= 11 is 0. The van der Waals surface area contributed by atoms with Crippen molar-refractivity contribution in [3.05, 3.63) is 12.2 Å². The van der Waals surface area contributed by atoms with Crippen LogP contribution < -0.4 is 0 Å². The number of allylic oxidation sites excluding steroid dienone is 2. The summed E-state index contributed by atoms with van der Waals surface area (Å²) in [7, 11) is -1.78. The molecule has 0 aliphatic carbocycles. The van der Waals surface area contributed by atoms with Gasteiger partial charge in [-0.1, -0.05) is 90.7 Å². The summed E-state index contributed by atoms with van der Waals surface area (Å²) in [5.41, 5.74) is 0. The fourth-order valence-corrected chi connectivity index (χ4v) is 5.07. The molecule has 1 nitrogen and oxygen atoms in total. The first-order valence-electron chi connectivity index (χ1n) is 10.9. The minimum absolute atomic E-state index is 0.897. The van der Waals surface area contributed by atoms with Gasteiger partial charge in [-0.25, -0.2) is 0 Å². The first-order chi connectivity index (χ1) is 11.7. The fraction of sp³-hybridized carbons (Fsp3) is 0.909. The Morgan fingerprint density at radius 2 is 1.00 bits per heavy atom. The van der Waals surface area contributed by atoms with Crippen molar-refractivity contribution in [2.75, 3.05) is 18.5 Å². The summed E-state index contributed by atoms with van der Waals surface area (Å²) < 4.78 is 12.3. The van der Waals surface area contributed by atoms with Gasteiger partial charge in [0.25, 0.3) is 0 Å². The van der Waals surface area contributed by atoms with Crippen molar-refractivity contribution in [3.63, 3.8) is 0 Å². The van der Waals surface area contributed by atoms with Crippen molar-refractivity contribution >= 4 is 7.14 Å². The third-order valence-corrected chi connectivity index (χ3v) is 8.67. The molecule has 0 N–H and O–H groups in total. The fourth-order valence-electron chi connectivity index (χ4n) is 3.19. The van der Waals surface area contributed by atoms with E-state index in [0.717, 1.165) is 18.5 Å². The Labute approximate surface area is 153 Å². The van der Waals surface area contributed by atoms with E-state index in [9.17, 15) is 4.57 Å². The van der Waals surface area contributed by atoms with E-state index in [4.69, 9.17) is 0 Å². The van der Waals surface area contributed by atoms with Crippen LogP contribution in [0.25, 0.3) is 0 Å². The zero-order valence-electron chi connectivity index (χ0n) is 17.0. The molecule has 0 bridgehead atoms. The highest BCUT2D eigenvalue weighted by molar-refractivity contribution is 7.63. The van der Waals surface area contributed by atoms with Crippen LogP contribution in [0, 0.1) is 0 Å². The van der Waals surface area contributed by atoms with Crippen LogP contribution in [0.2, 0.25) is 0 Å². The lowest BCUT2D eigenvalue weighted by Crippen LogP contribution is -1.95. The van der Waals surface area contributed by atoms with Gasteiger partial charge in [-0.2, -0.15) is 0 Å². The van der Waals surface area contributed by atoms with Crippen LogP contribution in [0.15, 0.2) is 12.2 Å². The number of hydrogen-bond acceptors (Lipinski definition) is 1. The van der Waals surface area contributed by atoms with Crippen LogP contribution >= 0.6 is 7.14 Å². The Balaban J connectivity index is 3.25. The van der Waals surface area contributed by atoms with E-state index in [2.05, 4.69) is 32.9 Å². The molecule has 0 radical (unpaired) electrons. The predicted molar refractivity (Wildman–Crippen MR) is 113 cm³/mol. The van der Waals surface area contributed by atoms with Gasteiger partial charge in [0, 0.05) is 6.16 Å². The van der Waals surface area contributed by atoms with Crippen molar-refractivity contribution in [1.82, 2.24) is 0 Å². The topological polar surface area (TPSA) is 17.1 Å². The number of rotatable bonds is 18. The van der Waals surface area contributed by atoms with Gasteiger partial charge < -0.3 is 4.57 Å². The van der Waals surface area contributed by atoms with E-state index in [1.807, 2.05) is 0 Å². The van der Waals surface area contributed by atoms with Crippen LogP contribution in [0.5, 0.6) is 0 Å². The molecule has 0 aromatic carbocycles. The lowest BCUT2D eigenvalue weighted by atomic mass is 10.1. The largest absolute Gasteiger partial charge is 0.324 e. The highest BCUT2D eigenvalue weighted by Gasteiger charge is 2.15. The van der Waals surface area contributed by atoms with Crippen molar-refractivity contribution in [1.29, 1.82) is 0 Å². The highest BCUT2D eigenvalue weighted by atomic mass is 31.2. The van der Waals surface area contributed by atoms with Crippen molar-refractivity contribution < 1.29 is 4.57 Å². The molecule has 0 saturated heterocycles. The van der Waals surface area contributed by atoms with Crippen molar-refractivity contribution in [3.8, 4) is 0 Å². The normalized spacial score (nSPS) is 12.3. The number of hydrogen-bond donors (Lipinski definition) is 0. The molecule has 0 aliphatic heterocycles. The minimum atomic E-state index is -1.78. The molecule has 24 heavy (non-hydrogen) atoms. The lowest BCUT2D eigenvalue weighted by molar-refractivity contribution is 0.568. The van der Waals surface area contributed by atoms with Gasteiger partial charge in [0.05, 0.1) is 7.14 Å². The Hall–Kier alpha value is -0.0300. The molecule has 0 aromatic heterocycles. The quantitative estimate of drug-likeness (QED) is 0.137. The van der Waals surface area contributed by atoms with Gasteiger partial charge in [0.1, 0.15) is 0 Å². The zero-order chi connectivity index (χ0) is 17.9. The van der Waals surface area contributed by atoms with Gasteiger partial charge in [0.2, 0.25) is 0 Å². The third kappa shape index (κ3) is 15.5. The molecule has 0 heterocycles. The second-order valence-electron chi connectivity index (χ2n) is 7.35. The Bertz CT molecular complexity index is 314. The Morgan fingerprint density at radius 1 is 0.583 bits per heavy atom. The maximum atomic E-state index is 12.3. The monoisotopic (exact) mass is 356 g/mol. The average molecular weight is 357 g/mol. The molecule has 0 aromatic rings. The second-order valence-corrected chi connectivity index (χ2v) is 11.2. The summed E-state index contributed by atoms with van der Waals surface area (Å²) in [6.45, 7) is 6.45. The Kier molecular flexibility index (Phi) is 17.8. The van der Waals surface area contributed by atoms with Crippen LogP contribution in [-0.4, -0.2) is 18.5 Å². The van der Waals surface area contributed by atoms with E-state index < -0.39 is 7.14 Å². The lowest BCUT2D eigenvalue weighted by Gasteiger charge is -2.13. The molecule has 0 atom stereocenters. The molecular formula is C22H45OP. The van der Waals surface area contributed by atoms with E-state index in [-0.39, 0.29) is 0 Å². The van der Waals surface area contributed by atoms with Gasteiger partial charge in [-0.3, -0.25) is 0 Å². The van der Waals surface area contributed by atoms with Crippen LogP contribution in [0.3, 0.4) is 0 Å². The summed E-state index contributed by atoms with van der Waals surface area (Å²) in [4.78, 5) is 0. The van der Waals surface area contributed by atoms with Crippen LogP contribution in [0.1, 0.15) is 111 Å². The summed E-state index contributed by atoms with van der Waals surface area (Å²) in [6, 6.07) is 0. The maximum absolute atomic E-state index is 12.3.